The van der Waals surface area contributed by atoms with E-state index in [-0.39, 0.29) is 0 Å². The third-order valence-electron chi connectivity index (χ3n) is 7.35. The molecule has 0 aliphatic carbocycles. The fourth-order valence-corrected chi connectivity index (χ4v) is 5.67. The molecule has 1 aromatic heterocycles. The number of aliphatic imine (C=N–C) groups is 2. The van der Waals surface area contributed by atoms with Gasteiger partial charge in [-0.25, -0.2) is 15.0 Å². The molecule has 0 fully saturated rings. The van der Waals surface area contributed by atoms with Crippen LogP contribution in [0.5, 0.6) is 0 Å². The summed E-state index contributed by atoms with van der Waals surface area (Å²) in [6.45, 7) is 10.6. The number of pyridine rings is 1. The number of aryl methyl sites for hydroxylation is 5. The second-order valence-corrected chi connectivity index (χ2v) is 11.0. The summed E-state index contributed by atoms with van der Waals surface area (Å²) in [6.07, 6.45) is 1.73. The minimum Gasteiger partial charge on any atom is -0.246 e. The van der Waals surface area contributed by atoms with E-state index in [1.165, 1.54) is 11.1 Å². The van der Waals surface area contributed by atoms with Gasteiger partial charge in [-0.2, -0.15) is 0 Å². The standard InChI is InChI=1S/C38H36ClN3/c1-6-28-22-25(3)21-27(5)35(28)41-37(30-15-10-8-11-16-30)33-19-14-20-34(40-33)38(31-17-12-9-13-18-31)42-36-29(7-2)23-26(4)24-32(36)39/h8-24H,6-7H2,1-5H3. The SMILES string of the molecule is CCc1cc(C)cc(C)c1N=C(c1ccccc1)c1cccc(C(=Nc2c(Cl)cc(C)cc2CC)c2ccccc2)n1. The smallest absolute Gasteiger partial charge is 0.0966 e. The molecule has 0 amide bonds. The molecule has 42 heavy (non-hydrogen) atoms. The molecule has 1 heterocycles. The Bertz CT molecular complexity index is 1640. The average Bonchev–Trinajstić information content (AvgIpc) is 3.00. The Labute approximate surface area is 254 Å². The normalized spacial score (nSPS) is 12.0. The molecule has 0 N–H and O–H groups in total. The summed E-state index contributed by atoms with van der Waals surface area (Å²) in [4.78, 5) is 15.7. The first kappa shape index (κ1) is 29.2. The summed E-state index contributed by atoms with van der Waals surface area (Å²) in [6, 6.07) is 35.1. The van der Waals surface area contributed by atoms with E-state index < -0.39 is 0 Å². The Morgan fingerprint density at radius 2 is 1.07 bits per heavy atom. The first-order chi connectivity index (χ1) is 20.4. The summed E-state index contributed by atoms with van der Waals surface area (Å²) in [5.41, 5.74) is 12.8. The summed E-state index contributed by atoms with van der Waals surface area (Å²) >= 11 is 6.79. The molecule has 0 saturated carbocycles. The quantitative estimate of drug-likeness (QED) is 0.171. The highest BCUT2D eigenvalue weighted by molar-refractivity contribution is 6.33. The molecular weight excluding hydrogens is 534 g/mol. The number of aromatic nitrogens is 1. The first-order valence-corrected chi connectivity index (χ1v) is 14.9. The molecule has 3 nitrogen and oxygen atoms in total. The van der Waals surface area contributed by atoms with Crippen LogP contribution in [0.15, 0.2) is 113 Å². The lowest BCUT2D eigenvalue weighted by molar-refractivity contribution is 1.11. The van der Waals surface area contributed by atoms with E-state index in [0.717, 1.165) is 74.8 Å². The van der Waals surface area contributed by atoms with Gasteiger partial charge < -0.3 is 0 Å². The molecule has 0 aliphatic rings. The molecular formula is C38H36ClN3. The fraction of sp³-hybridized carbons (Fsp3) is 0.184. The van der Waals surface area contributed by atoms with Crippen LogP contribution in [0.2, 0.25) is 5.02 Å². The molecule has 4 heteroatoms. The van der Waals surface area contributed by atoms with E-state index in [1.807, 2.05) is 60.7 Å². The van der Waals surface area contributed by atoms with E-state index in [9.17, 15) is 0 Å². The van der Waals surface area contributed by atoms with E-state index in [1.54, 1.807) is 0 Å². The van der Waals surface area contributed by atoms with Crippen molar-refractivity contribution in [2.45, 2.75) is 47.5 Å². The largest absolute Gasteiger partial charge is 0.246 e. The van der Waals surface area contributed by atoms with Gasteiger partial charge >= 0.3 is 0 Å². The maximum Gasteiger partial charge on any atom is 0.0966 e. The lowest BCUT2D eigenvalue weighted by Crippen LogP contribution is -2.12. The molecule has 0 atom stereocenters. The van der Waals surface area contributed by atoms with Crippen LogP contribution >= 0.6 is 11.6 Å². The van der Waals surface area contributed by atoms with Crippen LogP contribution in [0.1, 0.15) is 64.2 Å². The van der Waals surface area contributed by atoms with Gasteiger partial charge in [-0.3, -0.25) is 0 Å². The van der Waals surface area contributed by atoms with Gasteiger partial charge in [0, 0.05) is 11.1 Å². The average molecular weight is 570 g/mol. The number of hydrogen-bond donors (Lipinski definition) is 0. The number of halogens is 1. The Kier molecular flexibility index (Phi) is 9.09. The predicted molar refractivity (Wildman–Crippen MR) is 179 cm³/mol. The highest BCUT2D eigenvalue weighted by Gasteiger charge is 2.17. The number of nitrogens with zero attached hydrogens (tertiary/aromatic N) is 3. The lowest BCUT2D eigenvalue weighted by Gasteiger charge is -2.15. The monoisotopic (exact) mass is 569 g/mol. The van der Waals surface area contributed by atoms with E-state index >= 15 is 0 Å². The minimum atomic E-state index is 0.643. The van der Waals surface area contributed by atoms with Crippen LogP contribution in [0.25, 0.3) is 0 Å². The highest BCUT2D eigenvalue weighted by atomic mass is 35.5. The van der Waals surface area contributed by atoms with E-state index in [2.05, 4.69) is 77.1 Å². The molecule has 4 aromatic carbocycles. The molecule has 0 unspecified atom stereocenters. The fourth-order valence-electron chi connectivity index (χ4n) is 5.33. The maximum atomic E-state index is 6.79. The zero-order valence-electron chi connectivity index (χ0n) is 24.9. The topological polar surface area (TPSA) is 37.6 Å². The van der Waals surface area contributed by atoms with Gasteiger partial charge in [0.05, 0.1) is 39.2 Å². The molecule has 0 spiro atoms. The molecule has 5 rings (SSSR count). The second-order valence-electron chi connectivity index (χ2n) is 10.6. The van der Waals surface area contributed by atoms with Crippen molar-refractivity contribution < 1.29 is 0 Å². The summed E-state index contributed by atoms with van der Waals surface area (Å²) in [5, 5.41) is 0.643. The highest BCUT2D eigenvalue weighted by Crippen LogP contribution is 2.33. The van der Waals surface area contributed by atoms with Gasteiger partial charge in [0.25, 0.3) is 0 Å². The van der Waals surface area contributed by atoms with Gasteiger partial charge in [0.15, 0.2) is 0 Å². The van der Waals surface area contributed by atoms with Crippen molar-refractivity contribution >= 4 is 34.4 Å². The van der Waals surface area contributed by atoms with Gasteiger partial charge in [-0.1, -0.05) is 116 Å². The number of rotatable bonds is 8. The van der Waals surface area contributed by atoms with E-state index in [0.29, 0.717) is 5.02 Å². The second kappa shape index (κ2) is 13.1. The van der Waals surface area contributed by atoms with Gasteiger partial charge in [-0.05, 0) is 74.1 Å². The third-order valence-corrected chi connectivity index (χ3v) is 7.64. The molecule has 0 aliphatic heterocycles. The van der Waals surface area contributed by atoms with Crippen molar-refractivity contribution in [3.63, 3.8) is 0 Å². The Hall–Kier alpha value is -4.34. The van der Waals surface area contributed by atoms with Crippen molar-refractivity contribution in [2.24, 2.45) is 9.98 Å². The van der Waals surface area contributed by atoms with Crippen LogP contribution in [0.4, 0.5) is 11.4 Å². The Morgan fingerprint density at radius 1 is 0.595 bits per heavy atom. The first-order valence-electron chi connectivity index (χ1n) is 14.5. The summed E-state index contributed by atoms with van der Waals surface area (Å²) in [7, 11) is 0. The number of hydrogen-bond acceptors (Lipinski definition) is 3. The minimum absolute atomic E-state index is 0.643. The predicted octanol–water partition coefficient (Wildman–Crippen LogP) is 10.1. The van der Waals surface area contributed by atoms with Crippen LogP contribution < -0.4 is 0 Å². The molecule has 0 bridgehead atoms. The van der Waals surface area contributed by atoms with Gasteiger partial charge in [-0.15, -0.1) is 0 Å². The summed E-state index contributed by atoms with van der Waals surface area (Å²) < 4.78 is 0. The third kappa shape index (κ3) is 6.42. The molecule has 0 radical (unpaired) electrons. The van der Waals surface area contributed by atoms with Crippen LogP contribution in [-0.2, 0) is 12.8 Å². The maximum absolute atomic E-state index is 6.79. The van der Waals surface area contributed by atoms with Gasteiger partial charge in [0.1, 0.15) is 0 Å². The van der Waals surface area contributed by atoms with Crippen molar-refractivity contribution in [3.05, 3.63) is 158 Å². The molecule has 5 aromatic rings. The Morgan fingerprint density at radius 3 is 1.60 bits per heavy atom. The van der Waals surface area contributed by atoms with Crippen LogP contribution in [0.3, 0.4) is 0 Å². The van der Waals surface area contributed by atoms with Crippen LogP contribution in [0, 0.1) is 20.8 Å². The van der Waals surface area contributed by atoms with Crippen LogP contribution in [-0.4, -0.2) is 16.4 Å². The molecule has 210 valence electrons. The van der Waals surface area contributed by atoms with Crippen molar-refractivity contribution in [1.82, 2.24) is 4.98 Å². The van der Waals surface area contributed by atoms with E-state index in [4.69, 9.17) is 26.6 Å². The van der Waals surface area contributed by atoms with Crippen molar-refractivity contribution in [3.8, 4) is 0 Å². The lowest BCUT2D eigenvalue weighted by atomic mass is 10.0. The molecule has 0 saturated heterocycles. The van der Waals surface area contributed by atoms with Gasteiger partial charge in [0.2, 0.25) is 0 Å². The summed E-state index contributed by atoms with van der Waals surface area (Å²) in [5.74, 6) is 0. The Balaban J connectivity index is 1.74. The zero-order valence-corrected chi connectivity index (χ0v) is 25.7. The zero-order chi connectivity index (χ0) is 29.6. The van der Waals surface area contributed by atoms with Crippen molar-refractivity contribution in [1.29, 1.82) is 0 Å². The number of benzene rings is 4. The van der Waals surface area contributed by atoms with Crippen molar-refractivity contribution in [2.75, 3.05) is 0 Å².